The normalized spacial score (nSPS) is 11.5. The number of carbonyl (C=O) groups excluding carboxylic acids is 3. The van der Waals surface area contributed by atoms with Crippen LogP contribution in [0.4, 0.5) is 0 Å². The second-order valence-corrected chi connectivity index (χ2v) is 4.40. The Labute approximate surface area is 126 Å². The van der Waals surface area contributed by atoms with Crippen LogP contribution in [0.2, 0.25) is 0 Å². The van der Waals surface area contributed by atoms with Crippen molar-refractivity contribution in [2.24, 2.45) is 5.73 Å². The van der Waals surface area contributed by atoms with Gasteiger partial charge >= 0.3 is 5.97 Å². The van der Waals surface area contributed by atoms with Crippen LogP contribution in [0, 0.1) is 0 Å². The molecule has 0 aliphatic rings. The van der Waals surface area contributed by atoms with Gasteiger partial charge in [-0.05, 0) is 5.56 Å². The Balaban J connectivity index is 2.21. The van der Waals surface area contributed by atoms with Gasteiger partial charge < -0.3 is 20.2 Å². The lowest BCUT2D eigenvalue weighted by Gasteiger charge is -2.16. The fourth-order valence-electron chi connectivity index (χ4n) is 1.83. The molecule has 0 aliphatic carbocycles. The van der Waals surface area contributed by atoms with E-state index in [4.69, 9.17) is 10.2 Å². The summed E-state index contributed by atoms with van der Waals surface area (Å²) in [6.45, 7) is 0. The molecule has 1 heterocycles. The van der Waals surface area contributed by atoms with E-state index < -0.39 is 23.8 Å². The Bertz CT molecular complexity index is 693. The van der Waals surface area contributed by atoms with Gasteiger partial charge in [-0.15, -0.1) is 0 Å². The predicted octanol–water partition coefficient (Wildman–Crippen LogP) is 1.02. The second kappa shape index (κ2) is 6.57. The van der Waals surface area contributed by atoms with Gasteiger partial charge in [0.15, 0.2) is 11.8 Å². The quantitative estimate of drug-likeness (QED) is 0.801. The molecule has 2 aromatic rings. The van der Waals surface area contributed by atoms with E-state index in [1.165, 1.54) is 13.2 Å². The zero-order valence-electron chi connectivity index (χ0n) is 11.7. The highest BCUT2D eigenvalue weighted by molar-refractivity contribution is 5.98. The summed E-state index contributed by atoms with van der Waals surface area (Å²) < 4.78 is 9.66. The van der Waals surface area contributed by atoms with Crippen molar-refractivity contribution in [3.8, 4) is 0 Å². The molecule has 0 radical (unpaired) electrons. The smallest absolute Gasteiger partial charge is 0.333 e. The third-order valence-corrected chi connectivity index (χ3v) is 2.95. The van der Waals surface area contributed by atoms with E-state index in [1.807, 2.05) is 0 Å². The molecular formula is C15H14N2O5. The molecule has 1 aromatic heterocycles. The maximum absolute atomic E-state index is 12.1. The molecule has 1 atom stereocenters. The SMILES string of the molecule is COC(=O)C(NC(=O)c1cc(C(N)=O)co1)c1ccccc1. The summed E-state index contributed by atoms with van der Waals surface area (Å²) in [5, 5.41) is 2.49. The fourth-order valence-corrected chi connectivity index (χ4v) is 1.83. The van der Waals surface area contributed by atoms with Gasteiger partial charge in [-0.3, -0.25) is 9.59 Å². The molecule has 2 rings (SSSR count). The standard InChI is InChI=1S/C15H14N2O5/c1-21-15(20)12(9-5-3-2-4-6-9)17-14(19)11-7-10(8-22-11)13(16)18/h2-8,12H,1H3,(H2,16,18)(H,17,19). The minimum absolute atomic E-state index is 0.0690. The van der Waals surface area contributed by atoms with E-state index >= 15 is 0 Å². The van der Waals surface area contributed by atoms with Gasteiger partial charge in [-0.2, -0.15) is 0 Å². The maximum Gasteiger partial charge on any atom is 0.333 e. The van der Waals surface area contributed by atoms with Crippen molar-refractivity contribution in [3.05, 3.63) is 59.5 Å². The molecule has 22 heavy (non-hydrogen) atoms. The number of amides is 2. The maximum atomic E-state index is 12.1. The Kier molecular flexibility index (Phi) is 4.57. The predicted molar refractivity (Wildman–Crippen MR) is 75.9 cm³/mol. The lowest BCUT2D eigenvalue weighted by atomic mass is 10.1. The Morgan fingerprint density at radius 2 is 1.91 bits per heavy atom. The summed E-state index contributed by atoms with van der Waals surface area (Å²) in [5.41, 5.74) is 5.71. The molecule has 1 aromatic carbocycles. The molecule has 7 heteroatoms. The van der Waals surface area contributed by atoms with Gasteiger partial charge in [0, 0.05) is 6.07 Å². The van der Waals surface area contributed by atoms with Gasteiger partial charge in [0.1, 0.15) is 6.26 Å². The third-order valence-electron chi connectivity index (χ3n) is 2.95. The first-order chi connectivity index (χ1) is 10.5. The Morgan fingerprint density at radius 1 is 1.23 bits per heavy atom. The van der Waals surface area contributed by atoms with Crippen LogP contribution in [0.1, 0.15) is 32.5 Å². The van der Waals surface area contributed by atoms with Crippen LogP contribution < -0.4 is 11.1 Å². The summed E-state index contributed by atoms with van der Waals surface area (Å²) in [5.74, 6) is -2.12. The summed E-state index contributed by atoms with van der Waals surface area (Å²) in [6, 6.07) is 8.83. The van der Waals surface area contributed by atoms with Crippen LogP contribution in [0.5, 0.6) is 0 Å². The average Bonchev–Trinajstić information content (AvgIpc) is 3.03. The van der Waals surface area contributed by atoms with Crippen LogP contribution in [0.3, 0.4) is 0 Å². The fraction of sp³-hybridized carbons (Fsp3) is 0.133. The van der Waals surface area contributed by atoms with Crippen molar-refractivity contribution in [2.75, 3.05) is 7.11 Å². The van der Waals surface area contributed by atoms with Crippen molar-refractivity contribution in [2.45, 2.75) is 6.04 Å². The van der Waals surface area contributed by atoms with Crippen LogP contribution in [0.15, 0.2) is 47.1 Å². The van der Waals surface area contributed by atoms with Crippen molar-refractivity contribution in [1.29, 1.82) is 0 Å². The van der Waals surface area contributed by atoms with Gasteiger partial charge in [0.05, 0.1) is 12.7 Å². The minimum Gasteiger partial charge on any atom is -0.467 e. The van der Waals surface area contributed by atoms with E-state index in [-0.39, 0.29) is 11.3 Å². The molecule has 0 fully saturated rings. The molecule has 114 valence electrons. The molecule has 0 saturated heterocycles. The van der Waals surface area contributed by atoms with Crippen molar-refractivity contribution in [3.63, 3.8) is 0 Å². The molecular weight excluding hydrogens is 288 g/mol. The Morgan fingerprint density at radius 3 is 2.45 bits per heavy atom. The number of methoxy groups -OCH3 is 1. The first-order valence-corrected chi connectivity index (χ1v) is 6.35. The van der Waals surface area contributed by atoms with Crippen molar-refractivity contribution < 1.29 is 23.5 Å². The summed E-state index contributed by atoms with van der Waals surface area (Å²) in [6.07, 6.45) is 1.08. The van der Waals surface area contributed by atoms with Crippen molar-refractivity contribution >= 4 is 17.8 Å². The van der Waals surface area contributed by atoms with Gasteiger partial charge in [0.25, 0.3) is 11.8 Å². The van der Waals surface area contributed by atoms with Gasteiger partial charge in [-0.1, -0.05) is 30.3 Å². The highest BCUT2D eigenvalue weighted by atomic mass is 16.5. The summed E-state index contributed by atoms with van der Waals surface area (Å²) >= 11 is 0. The van der Waals surface area contributed by atoms with Gasteiger partial charge in [0.2, 0.25) is 0 Å². The molecule has 7 nitrogen and oxygen atoms in total. The number of carbonyl (C=O) groups is 3. The van der Waals surface area contributed by atoms with Crippen LogP contribution >= 0.6 is 0 Å². The molecule has 0 aliphatic heterocycles. The lowest BCUT2D eigenvalue weighted by molar-refractivity contribution is -0.143. The zero-order valence-corrected chi connectivity index (χ0v) is 11.7. The number of primary amides is 1. The molecule has 0 spiro atoms. The molecule has 3 N–H and O–H groups in total. The molecule has 1 unspecified atom stereocenters. The number of hydrogen-bond donors (Lipinski definition) is 2. The number of nitrogens with two attached hydrogens (primary N) is 1. The largest absolute Gasteiger partial charge is 0.467 e. The molecule has 0 saturated carbocycles. The molecule has 2 amide bonds. The number of esters is 1. The van der Waals surface area contributed by atoms with Crippen LogP contribution in [-0.2, 0) is 9.53 Å². The van der Waals surface area contributed by atoms with Crippen LogP contribution in [-0.4, -0.2) is 24.9 Å². The lowest BCUT2D eigenvalue weighted by Crippen LogP contribution is -2.34. The molecule has 0 bridgehead atoms. The first kappa shape index (κ1) is 15.3. The highest BCUT2D eigenvalue weighted by Gasteiger charge is 2.25. The highest BCUT2D eigenvalue weighted by Crippen LogP contribution is 2.16. The Hall–Kier alpha value is -3.09. The van der Waals surface area contributed by atoms with Gasteiger partial charge in [-0.25, -0.2) is 4.79 Å². The zero-order chi connectivity index (χ0) is 16.1. The van der Waals surface area contributed by atoms with E-state index in [0.717, 1.165) is 6.26 Å². The number of nitrogens with one attached hydrogen (secondary N) is 1. The van der Waals surface area contributed by atoms with Crippen LogP contribution in [0.25, 0.3) is 0 Å². The monoisotopic (exact) mass is 302 g/mol. The number of benzene rings is 1. The number of furan rings is 1. The second-order valence-electron chi connectivity index (χ2n) is 4.40. The minimum atomic E-state index is -0.985. The van der Waals surface area contributed by atoms with E-state index in [1.54, 1.807) is 30.3 Å². The van der Waals surface area contributed by atoms with Crippen molar-refractivity contribution in [1.82, 2.24) is 5.32 Å². The summed E-state index contributed by atoms with van der Waals surface area (Å²) in [4.78, 5) is 35.0. The number of ether oxygens (including phenoxy) is 1. The first-order valence-electron chi connectivity index (χ1n) is 6.35. The third kappa shape index (κ3) is 3.32. The average molecular weight is 302 g/mol. The van der Waals surface area contributed by atoms with E-state index in [9.17, 15) is 14.4 Å². The topological polar surface area (TPSA) is 112 Å². The van der Waals surface area contributed by atoms with E-state index in [2.05, 4.69) is 10.1 Å². The number of rotatable bonds is 5. The summed E-state index contributed by atoms with van der Waals surface area (Å²) in [7, 11) is 1.22. The van der Waals surface area contributed by atoms with E-state index in [0.29, 0.717) is 5.56 Å². The number of hydrogen-bond acceptors (Lipinski definition) is 5.